The highest BCUT2D eigenvalue weighted by Crippen LogP contribution is 2.15. The number of ether oxygens (including phenoxy) is 1. The molecule has 3 N–H and O–H groups in total. The fourth-order valence-electron chi connectivity index (χ4n) is 3.59. The van der Waals surface area contributed by atoms with Gasteiger partial charge in [-0.15, -0.1) is 12.4 Å². The van der Waals surface area contributed by atoms with Gasteiger partial charge >= 0.3 is 0 Å². The van der Waals surface area contributed by atoms with Crippen LogP contribution in [0, 0.1) is 0 Å². The Kier molecular flexibility index (Phi) is 8.69. The lowest BCUT2D eigenvalue weighted by Crippen LogP contribution is -2.48. The second-order valence-corrected chi connectivity index (χ2v) is 7.64. The molecule has 2 unspecified atom stereocenters. The van der Waals surface area contributed by atoms with Gasteiger partial charge in [-0.05, 0) is 49.6 Å². The molecule has 0 spiro atoms. The van der Waals surface area contributed by atoms with Crippen LogP contribution in [0.15, 0.2) is 48.5 Å². The number of nitrogens with zero attached hydrogens (tertiary/aromatic N) is 1. The Morgan fingerprint density at radius 2 is 1.70 bits per heavy atom. The van der Waals surface area contributed by atoms with Gasteiger partial charge in [0.05, 0.1) is 12.2 Å². The van der Waals surface area contributed by atoms with Crippen LogP contribution in [0.3, 0.4) is 0 Å². The maximum Gasteiger partial charge on any atom is 0.254 e. The zero-order chi connectivity index (χ0) is 20.8. The molecule has 1 aliphatic rings. The van der Waals surface area contributed by atoms with Crippen molar-refractivity contribution in [3.63, 3.8) is 0 Å². The minimum absolute atomic E-state index is 0. The summed E-state index contributed by atoms with van der Waals surface area (Å²) in [5, 5.41) is 2.92. The number of amides is 2. The van der Waals surface area contributed by atoms with Crippen LogP contribution in [0.25, 0.3) is 0 Å². The van der Waals surface area contributed by atoms with Gasteiger partial charge in [0, 0.05) is 37.3 Å². The maximum atomic E-state index is 12.7. The van der Waals surface area contributed by atoms with E-state index >= 15 is 0 Å². The number of hydrogen-bond donors (Lipinski definition) is 2. The summed E-state index contributed by atoms with van der Waals surface area (Å²) >= 11 is 0. The van der Waals surface area contributed by atoms with E-state index in [1.807, 2.05) is 67.3 Å². The molecule has 2 amide bonds. The average Bonchev–Trinajstić information content (AvgIpc) is 2.71. The number of nitrogens with one attached hydrogen (secondary N) is 1. The molecule has 0 bridgehead atoms. The second-order valence-electron chi connectivity index (χ2n) is 7.64. The lowest BCUT2D eigenvalue weighted by atomic mass is 10.1. The number of halogens is 1. The Labute approximate surface area is 184 Å². The van der Waals surface area contributed by atoms with E-state index in [0.717, 1.165) is 11.1 Å². The molecular weight excluding hydrogens is 402 g/mol. The van der Waals surface area contributed by atoms with Gasteiger partial charge in [-0.2, -0.15) is 0 Å². The molecule has 6 nitrogen and oxygen atoms in total. The van der Waals surface area contributed by atoms with E-state index in [2.05, 4.69) is 5.32 Å². The molecule has 2 aromatic rings. The molecule has 0 radical (unpaired) electrons. The quantitative estimate of drug-likeness (QED) is 0.688. The number of rotatable bonds is 6. The standard InChI is InChI=1S/C23H29N3O3.ClH/c1-16-14-26(15-17(2)29-16)23(28)20-9-7-18(8-10-20)13-25-22(27)12-11-19-5-3-4-6-21(19)24;/h3-10,16-17H,11-15,24H2,1-2H3,(H,25,27);1H. The van der Waals surface area contributed by atoms with Gasteiger partial charge < -0.3 is 20.7 Å². The highest BCUT2D eigenvalue weighted by molar-refractivity contribution is 5.94. The molecule has 30 heavy (non-hydrogen) atoms. The summed E-state index contributed by atoms with van der Waals surface area (Å²) in [7, 11) is 0. The number of nitrogen functional groups attached to an aromatic ring is 1. The SMILES string of the molecule is CC1CN(C(=O)c2ccc(CNC(=O)CCc3ccccc3N)cc2)CC(C)O1.Cl. The number of morpholine rings is 1. The van der Waals surface area contributed by atoms with Gasteiger partial charge in [0.1, 0.15) is 0 Å². The number of benzene rings is 2. The molecule has 1 fully saturated rings. The first kappa shape index (κ1) is 23.7. The van der Waals surface area contributed by atoms with Crippen LogP contribution in [0.2, 0.25) is 0 Å². The summed E-state index contributed by atoms with van der Waals surface area (Å²) in [6.45, 7) is 5.60. The third kappa shape index (κ3) is 6.47. The van der Waals surface area contributed by atoms with E-state index in [4.69, 9.17) is 10.5 Å². The van der Waals surface area contributed by atoms with Gasteiger partial charge in [-0.3, -0.25) is 9.59 Å². The van der Waals surface area contributed by atoms with Gasteiger partial charge in [-0.1, -0.05) is 30.3 Å². The molecule has 7 heteroatoms. The van der Waals surface area contributed by atoms with Crippen LogP contribution in [0.1, 0.15) is 41.8 Å². The predicted molar refractivity (Wildman–Crippen MR) is 121 cm³/mol. The Bertz CT molecular complexity index is 847. The van der Waals surface area contributed by atoms with Crippen LogP contribution < -0.4 is 11.1 Å². The van der Waals surface area contributed by atoms with Crippen LogP contribution in [0.5, 0.6) is 0 Å². The minimum Gasteiger partial charge on any atom is -0.399 e. The largest absolute Gasteiger partial charge is 0.399 e. The van der Waals surface area contributed by atoms with E-state index in [1.54, 1.807) is 0 Å². The monoisotopic (exact) mass is 431 g/mol. The maximum absolute atomic E-state index is 12.7. The van der Waals surface area contributed by atoms with E-state index < -0.39 is 0 Å². The van der Waals surface area contributed by atoms with Crippen LogP contribution in [0.4, 0.5) is 5.69 Å². The minimum atomic E-state index is -0.0234. The Balaban J connectivity index is 0.00000320. The highest BCUT2D eigenvalue weighted by atomic mass is 35.5. The molecule has 0 aliphatic carbocycles. The van der Waals surface area contributed by atoms with Crippen molar-refractivity contribution >= 4 is 29.9 Å². The third-order valence-corrected chi connectivity index (χ3v) is 5.07. The van der Waals surface area contributed by atoms with E-state index in [-0.39, 0.29) is 36.4 Å². The summed E-state index contributed by atoms with van der Waals surface area (Å²) in [6.07, 6.45) is 1.09. The topological polar surface area (TPSA) is 84.7 Å². The summed E-state index contributed by atoms with van der Waals surface area (Å²) in [4.78, 5) is 26.7. The predicted octanol–water partition coefficient (Wildman–Crippen LogP) is 3.19. The zero-order valence-electron chi connectivity index (χ0n) is 17.5. The first-order valence-electron chi connectivity index (χ1n) is 10.1. The second kappa shape index (κ2) is 11.0. The Morgan fingerprint density at radius 1 is 1.07 bits per heavy atom. The number of carbonyl (C=O) groups excluding carboxylic acids is 2. The lowest BCUT2D eigenvalue weighted by Gasteiger charge is -2.35. The number of para-hydroxylation sites is 1. The van der Waals surface area contributed by atoms with E-state index in [0.29, 0.717) is 43.7 Å². The van der Waals surface area contributed by atoms with Crippen LogP contribution >= 0.6 is 12.4 Å². The van der Waals surface area contributed by atoms with Crippen molar-refractivity contribution in [2.45, 2.75) is 45.4 Å². The molecule has 1 heterocycles. The van der Waals surface area contributed by atoms with Crippen molar-refractivity contribution in [3.8, 4) is 0 Å². The lowest BCUT2D eigenvalue weighted by molar-refractivity contribution is -0.121. The fourth-order valence-corrected chi connectivity index (χ4v) is 3.59. The summed E-state index contributed by atoms with van der Waals surface area (Å²) in [5.74, 6) is -0.00673. The molecule has 2 atom stereocenters. The van der Waals surface area contributed by atoms with Gasteiger partial charge in [-0.25, -0.2) is 0 Å². The molecule has 0 saturated carbocycles. The molecule has 1 saturated heterocycles. The van der Waals surface area contributed by atoms with Crippen LogP contribution in [-0.4, -0.2) is 42.0 Å². The van der Waals surface area contributed by atoms with Crippen molar-refractivity contribution in [2.24, 2.45) is 0 Å². The van der Waals surface area contributed by atoms with Gasteiger partial charge in [0.15, 0.2) is 0 Å². The van der Waals surface area contributed by atoms with Gasteiger partial charge in [0.25, 0.3) is 5.91 Å². The number of anilines is 1. The van der Waals surface area contributed by atoms with Crippen molar-refractivity contribution in [3.05, 3.63) is 65.2 Å². The summed E-state index contributed by atoms with van der Waals surface area (Å²) in [6, 6.07) is 15.0. The molecule has 2 aromatic carbocycles. The van der Waals surface area contributed by atoms with E-state index in [1.165, 1.54) is 0 Å². The zero-order valence-corrected chi connectivity index (χ0v) is 18.3. The average molecular weight is 432 g/mol. The van der Waals surface area contributed by atoms with Crippen molar-refractivity contribution in [1.82, 2.24) is 10.2 Å². The molecule has 0 aromatic heterocycles. The normalized spacial score (nSPS) is 18.4. The molecule has 3 rings (SSSR count). The smallest absolute Gasteiger partial charge is 0.254 e. The highest BCUT2D eigenvalue weighted by Gasteiger charge is 2.26. The first-order valence-corrected chi connectivity index (χ1v) is 10.1. The third-order valence-electron chi connectivity index (χ3n) is 5.07. The first-order chi connectivity index (χ1) is 13.9. The molecular formula is C23H30ClN3O3. The number of aryl methyl sites for hydroxylation is 1. The van der Waals surface area contributed by atoms with Gasteiger partial charge in [0.2, 0.25) is 5.91 Å². The van der Waals surface area contributed by atoms with Crippen molar-refractivity contribution in [1.29, 1.82) is 0 Å². The molecule has 1 aliphatic heterocycles. The number of hydrogen-bond acceptors (Lipinski definition) is 4. The molecule has 162 valence electrons. The Morgan fingerprint density at radius 3 is 2.33 bits per heavy atom. The van der Waals surface area contributed by atoms with E-state index in [9.17, 15) is 9.59 Å². The fraction of sp³-hybridized carbons (Fsp3) is 0.391. The van der Waals surface area contributed by atoms with Crippen molar-refractivity contribution < 1.29 is 14.3 Å². The number of carbonyl (C=O) groups is 2. The number of nitrogens with two attached hydrogens (primary N) is 1. The summed E-state index contributed by atoms with van der Waals surface area (Å²) in [5.41, 5.74) is 9.22. The van der Waals surface area contributed by atoms with Crippen LogP contribution in [-0.2, 0) is 22.5 Å². The Hall–Kier alpha value is -2.57. The van der Waals surface area contributed by atoms with Crippen molar-refractivity contribution in [2.75, 3.05) is 18.8 Å². The summed E-state index contributed by atoms with van der Waals surface area (Å²) < 4.78 is 5.69.